The number of benzene rings is 1. The van der Waals surface area contributed by atoms with Crippen LogP contribution in [-0.2, 0) is 11.3 Å². The quantitative estimate of drug-likeness (QED) is 0.697. The van der Waals surface area contributed by atoms with Crippen LogP contribution >= 0.6 is 34.8 Å². The Morgan fingerprint density at radius 1 is 1.24 bits per heavy atom. The minimum Gasteiger partial charge on any atom is -0.307 e. The van der Waals surface area contributed by atoms with E-state index in [1.54, 1.807) is 48.3 Å². The number of hydrogen-bond donors (Lipinski definition) is 1. The third-order valence-corrected chi connectivity index (χ3v) is 4.52. The second kappa shape index (κ2) is 7.47. The molecule has 0 aliphatic rings. The normalized spacial score (nSPS) is 12.2. The maximum absolute atomic E-state index is 12.3. The summed E-state index contributed by atoms with van der Waals surface area (Å²) in [6, 6.07) is 6.50. The molecule has 1 unspecified atom stereocenters. The molecule has 2 aromatic heterocycles. The molecule has 3 aromatic rings. The molecule has 9 heteroatoms. The third-order valence-electron chi connectivity index (χ3n) is 3.62. The second-order valence-corrected chi connectivity index (χ2v) is 6.65. The van der Waals surface area contributed by atoms with Gasteiger partial charge in [0.25, 0.3) is 0 Å². The molecule has 3 rings (SSSR count). The minimum absolute atomic E-state index is 0.249. The number of carbonyl (C=O) groups is 1. The molecule has 1 atom stereocenters. The van der Waals surface area contributed by atoms with Crippen LogP contribution in [0, 0.1) is 0 Å². The van der Waals surface area contributed by atoms with E-state index >= 15 is 0 Å². The van der Waals surface area contributed by atoms with Crippen molar-refractivity contribution in [2.75, 3.05) is 5.32 Å². The van der Waals surface area contributed by atoms with Crippen molar-refractivity contribution in [1.29, 1.82) is 0 Å². The number of anilines is 1. The number of halogens is 3. The van der Waals surface area contributed by atoms with E-state index in [2.05, 4.69) is 15.5 Å². The predicted molar refractivity (Wildman–Crippen MR) is 98.4 cm³/mol. The highest BCUT2D eigenvalue weighted by molar-refractivity contribution is 6.36. The Morgan fingerprint density at radius 2 is 1.96 bits per heavy atom. The van der Waals surface area contributed by atoms with Gasteiger partial charge in [-0.25, -0.2) is 0 Å². The van der Waals surface area contributed by atoms with E-state index in [4.69, 9.17) is 34.8 Å². The molecule has 0 aliphatic heterocycles. The number of aromatic nitrogens is 4. The molecule has 25 heavy (non-hydrogen) atoms. The van der Waals surface area contributed by atoms with Crippen LogP contribution < -0.4 is 5.32 Å². The summed E-state index contributed by atoms with van der Waals surface area (Å²) in [6.07, 6.45) is 4.81. The van der Waals surface area contributed by atoms with Gasteiger partial charge < -0.3 is 5.32 Å². The maximum atomic E-state index is 12.3. The Labute approximate surface area is 159 Å². The fourth-order valence-electron chi connectivity index (χ4n) is 2.24. The molecule has 0 saturated carbocycles. The zero-order valence-corrected chi connectivity index (χ0v) is 15.4. The SMILES string of the molecule is CC(C(=O)Nc1ccn(Cc2c(Cl)cccc2Cl)n1)n1cc(Cl)cn1. The van der Waals surface area contributed by atoms with E-state index in [0.717, 1.165) is 5.56 Å². The lowest BCUT2D eigenvalue weighted by Crippen LogP contribution is -2.24. The largest absolute Gasteiger partial charge is 0.307 e. The van der Waals surface area contributed by atoms with E-state index < -0.39 is 6.04 Å². The molecule has 130 valence electrons. The molecule has 6 nitrogen and oxygen atoms in total. The van der Waals surface area contributed by atoms with E-state index in [9.17, 15) is 4.79 Å². The number of nitrogens with zero attached hydrogens (tertiary/aromatic N) is 4. The molecular weight excluding hydrogens is 385 g/mol. The summed E-state index contributed by atoms with van der Waals surface area (Å²) in [7, 11) is 0. The summed E-state index contributed by atoms with van der Waals surface area (Å²) in [6.45, 7) is 2.12. The summed E-state index contributed by atoms with van der Waals surface area (Å²) >= 11 is 18.2. The highest BCUT2D eigenvalue weighted by Crippen LogP contribution is 2.25. The first-order valence-corrected chi connectivity index (χ1v) is 8.54. The Morgan fingerprint density at radius 3 is 2.60 bits per heavy atom. The van der Waals surface area contributed by atoms with E-state index in [1.165, 1.54) is 10.9 Å². The van der Waals surface area contributed by atoms with Crippen LogP contribution in [0.25, 0.3) is 0 Å². The molecule has 0 radical (unpaired) electrons. The van der Waals surface area contributed by atoms with Crippen molar-refractivity contribution in [3.05, 3.63) is 63.5 Å². The first kappa shape index (κ1) is 17.8. The number of carbonyl (C=O) groups excluding carboxylic acids is 1. The van der Waals surface area contributed by atoms with Crippen molar-refractivity contribution in [2.45, 2.75) is 19.5 Å². The molecular formula is C16H14Cl3N5O. The van der Waals surface area contributed by atoms with Gasteiger partial charge in [0.2, 0.25) is 5.91 Å². The van der Waals surface area contributed by atoms with Gasteiger partial charge in [0.05, 0.1) is 17.8 Å². The fourth-order valence-corrected chi connectivity index (χ4v) is 2.90. The Hall–Kier alpha value is -2.02. The van der Waals surface area contributed by atoms with Gasteiger partial charge in [0.15, 0.2) is 5.82 Å². The smallest absolute Gasteiger partial charge is 0.250 e. The van der Waals surface area contributed by atoms with E-state index in [0.29, 0.717) is 27.4 Å². The summed E-state index contributed by atoms with van der Waals surface area (Å²) in [4.78, 5) is 12.3. The molecule has 0 bridgehead atoms. The average molecular weight is 399 g/mol. The average Bonchev–Trinajstić information content (AvgIpc) is 3.19. The van der Waals surface area contributed by atoms with Gasteiger partial charge in [-0.1, -0.05) is 40.9 Å². The highest BCUT2D eigenvalue weighted by Gasteiger charge is 2.17. The van der Waals surface area contributed by atoms with Gasteiger partial charge in [-0.3, -0.25) is 14.2 Å². The van der Waals surface area contributed by atoms with Crippen LogP contribution in [0.15, 0.2) is 42.9 Å². The molecule has 1 aromatic carbocycles. The van der Waals surface area contributed by atoms with Crippen LogP contribution in [-0.4, -0.2) is 25.5 Å². The third kappa shape index (κ3) is 4.15. The first-order chi connectivity index (χ1) is 11.9. The standard InChI is InChI=1S/C16H14Cl3N5O/c1-10(24-8-11(17)7-20-24)16(25)21-15-5-6-23(22-15)9-12-13(18)3-2-4-14(12)19/h2-8,10H,9H2,1H3,(H,21,22,25). The van der Waals surface area contributed by atoms with E-state index in [-0.39, 0.29) is 5.91 Å². The first-order valence-electron chi connectivity index (χ1n) is 7.41. The fraction of sp³-hybridized carbons (Fsp3) is 0.188. The van der Waals surface area contributed by atoms with Crippen LogP contribution in [0.3, 0.4) is 0 Å². The van der Waals surface area contributed by atoms with Crippen molar-refractivity contribution >= 4 is 46.5 Å². The lowest BCUT2D eigenvalue weighted by atomic mass is 10.2. The molecule has 1 amide bonds. The molecule has 2 heterocycles. The van der Waals surface area contributed by atoms with Crippen molar-refractivity contribution in [2.24, 2.45) is 0 Å². The van der Waals surface area contributed by atoms with Crippen molar-refractivity contribution in [3.8, 4) is 0 Å². The lowest BCUT2D eigenvalue weighted by Gasteiger charge is -2.11. The Balaban J connectivity index is 1.68. The van der Waals surface area contributed by atoms with Crippen molar-refractivity contribution < 1.29 is 4.79 Å². The highest BCUT2D eigenvalue weighted by atomic mass is 35.5. The molecule has 0 fully saturated rings. The Kier molecular flexibility index (Phi) is 5.32. The number of nitrogens with one attached hydrogen (secondary N) is 1. The number of rotatable bonds is 5. The number of amides is 1. The van der Waals surface area contributed by atoms with Crippen molar-refractivity contribution in [1.82, 2.24) is 19.6 Å². The van der Waals surface area contributed by atoms with Crippen molar-refractivity contribution in [3.63, 3.8) is 0 Å². The van der Waals surface area contributed by atoms with Gasteiger partial charge in [-0.15, -0.1) is 0 Å². The molecule has 0 aliphatic carbocycles. The maximum Gasteiger partial charge on any atom is 0.250 e. The summed E-state index contributed by atoms with van der Waals surface area (Å²) in [5.74, 6) is 0.180. The molecule has 1 N–H and O–H groups in total. The number of hydrogen-bond acceptors (Lipinski definition) is 3. The molecule has 0 spiro atoms. The second-order valence-electron chi connectivity index (χ2n) is 5.40. The monoisotopic (exact) mass is 397 g/mol. The van der Waals surface area contributed by atoms with Gasteiger partial charge in [0, 0.05) is 34.1 Å². The minimum atomic E-state index is -0.518. The summed E-state index contributed by atoms with van der Waals surface area (Å²) < 4.78 is 3.14. The Bertz CT molecular complexity index is 885. The molecule has 0 saturated heterocycles. The van der Waals surface area contributed by atoms with Crippen LogP contribution in [0.5, 0.6) is 0 Å². The summed E-state index contributed by atoms with van der Waals surface area (Å²) in [5, 5.41) is 12.7. The van der Waals surface area contributed by atoms with Crippen LogP contribution in [0.2, 0.25) is 15.1 Å². The topological polar surface area (TPSA) is 64.7 Å². The van der Waals surface area contributed by atoms with Gasteiger partial charge in [-0.05, 0) is 19.1 Å². The lowest BCUT2D eigenvalue weighted by molar-refractivity contribution is -0.119. The van der Waals surface area contributed by atoms with E-state index in [1.807, 2.05) is 0 Å². The van der Waals surface area contributed by atoms with Crippen LogP contribution in [0.4, 0.5) is 5.82 Å². The summed E-state index contributed by atoms with van der Waals surface area (Å²) in [5.41, 5.74) is 0.770. The predicted octanol–water partition coefficient (Wildman–Crippen LogP) is 4.29. The van der Waals surface area contributed by atoms with Gasteiger partial charge >= 0.3 is 0 Å². The van der Waals surface area contributed by atoms with Gasteiger partial charge in [-0.2, -0.15) is 10.2 Å². The zero-order valence-electron chi connectivity index (χ0n) is 13.2. The van der Waals surface area contributed by atoms with Gasteiger partial charge in [0.1, 0.15) is 6.04 Å². The zero-order chi connectivity index (χ0) is 18.0. The van der Waals surface area contributed by atoms with Crippen LogP contribution in [0.1, 0.15) is 18.5 Å².